The van der Waals surface area contributed by atoms with E-state index in [1.165, 1.54) is 0 Å². The van der Waals surface area contributed by atoms with Crippen LogP contribution in [0.15, 0.2) is 12.2 Å². The van der Waals surface area contributed by atoms with Crippen LogP contribution >= 0.6 is 0 Å². The summed E-state index contributed by atoms with van der Waals surface area (Å²) >= 11 is 0. The zero-order chi connectivity index (χ0) is 10.2. The van der Waals surface area contributed by atoms with Gasteiger partial charge in [0, 0.05) is 5.92 Å². The second-order valence-electron chi connectivity index (χ2n) is 3.69. The fraction of sp³-hybridized carbons (Fsp3) is 0.818. The molecule has 1 saturated heterocycles. The highest BCUT2D eigenvalue weighted by Crippen LogP contribution is 2.17. The van der Waals surface area contributed by atoms with Crippen molar-refractivity contribution in [1.82, 2.24) is 5.32 Å². The predicted octanol–water partition coefficient (Wildman–Crippen LogP) is 1.55. The van der Waals surface area contributed by atoms with Crippen molar-refractivity contribution >= 4 is 0 Å². The van der Waals surface area contributed by atoms with Crippen molar-refractivity contribution in [1.29, 1.82) is 0 Å². The van der Waals surface area contributed by atoms with E-state index < -0.39 is 0 Å². The highest BCUT2D eigenvalue weighted by atomic mass is 16.7. The summed E-state index contributed by atoms with van der Waals surface area (Å²) in [5, 5.41) is 3.11. The van der Waals surface area contributed by atoms with E-state index in [2.05, 4.69) is 24.4 Å². The van der Waals surface area contributed by atoms with E-state index in [0.717, 1.165) is 32.6 Å². The molecule has 1 aliphatic rings. The van der Waals surface area contributed by atoms with Crippen molar-refractivity contribution in [2.24, 2.45) is 5.92 Å². The molecule has 0 saturated carbocycles. The fourth-order valence-corrected chi connectivity index (χ4v) is 1.47. The number of ether oxygens (including phenoxy) is 2. The predicted molar refractivity (Wildman–Crippen MR) is 57.2 cm³/mol. The van der Waals surface area contributed by atoms with Crippen molar-refractivity contribution in [3.8, 4) is 0 Å². The largest absolute Gasteiger partial charge is 0.350 e. The van der Waals surface area contributed by atoms with Gasteiger partial charge in [-0.25, -0.2) is 0 Å². The summed E-state index contributed by atoms with van der Waals surface area (Å²) in [6.45, 7) is 4.71. The van der Waals surface area contributed by atoms with Gasteiger partial charge in [0.05, 0.1) is 13.2 Å². The quantitative estimate of drug-likeness (QED) is 0.520. The molecule has 1 heterocycles. The van der Waals surface area contributed by atoms with Gasteiger partial charge < -0.3 is 14.8 Å². The van der Waals surface area contributed by atoms with Gasteiger partial charge in [-0.05, 0) is 26.4 Å². The van der Waals surface area contributed by atoms with Gasteiger partial charge in [0.2, 0.25) is 0 Å². The summed E-state index contributed by atoms with van der Waals surface area (Å²) in [5.74, 6) is 0.461. The van der Waals surface area contributed by atoms with E-state index in [-0.39, 0.29) is 6.29 Å². The number of hydrogen-bond donors (Lipinski definition) is 1. The van der Waals surface area contributed by atoms with Crippen LogP contribution in [0.3, 0.4) is 0 Å². The lowest BCUT2D eigenvalue weighted by Crippen LogP contribution is -2.17. The highest BCUT2D eigenvalue weighted by molar-refractivity contribution is 4.84. The van der Waals surface area contributed by atoms with Crippen LogP contribution in [-0.2, 0) is 9.47 Å². The first-order chi connectivity index (χ1) is 6.84. The Kier molecular flexibility index (Phi) is 5.83. The molecule has 0 bridgehead atoms. The average Bonchev–Trinajstić information content (AvgIpc) is 2.70. The van der Waals surface area contributed by atoms with Crippen LogP contribution in [0.2, 0.25) is 0 Å². The number of hydrogen-bond acceptors (Lipinski definition) is 3. The van der Waals surface area contributed by atoms with Crippen LogP contribution in [0.1, 0.15) is 19.8 Å². The minimum Gasteiger partial charge on any atom is -0.350 e. The Bertz CT molecular complexity index is 165. The molecule has 0 spiro atoms. The van der Waals surface area contributed by atoms with Gasteiger partial charge in [0.1, 0.15) is 0 Å². The first-order valence-electron chi connectivity index (χ1n) is 5.37. The Morgan fingerprint density at radius 2 is 2.07 bits per heavy atom. The third kappa shape index (κ3) is 4.22. The molecule has 1 unspecified atom stereocenters. The smallest absolute Gasteiger partial charge is 0.160 e. The van der Waals surface area contributed by atoms with Crippen molar-refractivity contribution < 1.29 is 9.47 Å². The second-order valence-corrected chi connectivity index (χ2v) is 3.69. The highest BCUT2D eigenvalue weighted by Gasteiger charge is 2.21. The maximum Gasteiger partial charge on any atom is 0.160 e. The van der Waals surface area contributed by atoms with Gasteiger partial charge in [0.25, 0.3) is 0 Å². The molecule has 1 rings (SSSR count). The summed E-state index contributed by atoms with van der Waals surface area (Å²) < 4.78 is 10.8. The molecule has 3 nitrogen and oxygen atoms in total. The molecule has 0 aromatic heterocycles. The molecule has 0 amide bonds. The van der Waals surface area contributed by atoms with Crippen LogP contribution in [0.25, 0.3) is 0 Å². The molecule has 1 N–H and O–H groups in total. The van der Waals surface area contributed by atoms with E-state index in [4.69, 9.17) is 9.47 Å². The van der Waals surface area contributed by atoms with Gasteiger partial charge in [0.15, 0.2) is 6.29 Å². The van der Waals surface area contributed by atoms with Crippen molar-refractivity contribution in [2.45, 2.75) is 26.1 Å². The van der Waals surface area contributed by atoms with Gasteiger partial charge >= 0.3 is 0 Å². The minimum absolute atomic E-state index is 0.0175. The van der Waals surface area contributed by atoms with E-state index in [0.29, 0.717) is 5.92 Å². The van der Waals surface area contributed by atoms with Crippen LogP contribution in [0, 0.1) is 5.92 Å². The zero-order valence-corrected chi connectivity index (χ0v) is 9.16. The number of rotatable bonds is 6. The SMILES string of the molecule is CNCC/C=C\CC(C)C1OCCO1. The third-order valence-corrected chi connectivity index (χ3v) is 2.35. The summed E-state index contributed by atoms with van der Waals surface area (Å²) in [7, 11) is 1.97. The van der Waals surface area contributed by atoms with Crippen LogP contribution in [-0.4, -0.2) is 33.1 Å². The minimum atomic E-state index is 0.0175. The van der Waals surface area contributed by atoms with Crippen LogP contribution < -0.4 is 5.32 Å². The molecule has 82 valence electrons. The maximum atomic E-state index is 5.42. The molecule has 0 radical (unpaired) electrons. The number of nitrogens with one attached hydrogen (secondary N) is 1. The third-order valence-electron chi connectivity index (χ3n) is 2.35. The summed E-state index contributed by atoms with van der Waals surface area (Å²) in [6.07, 6.45) is 6.57. The standard InChI is InChI=1S/C11H21NO2/c1-10(11-13-8-9-14-11)6-4-3-5-7-12-2/h3-4,10-12H,5-9H2,1-2H3/b4-3-. The number of allylic oxidation sites excluding steroid dienone is 1. The van der Waals surface area contributed by atoms with Crippen LogP contribution in [0.4, 0.5) is 0 Å². The normalized spacial score (nSPS) is 20.7. The summed E-state index contributed by atoms with van der Waals surface area (Å²) in [5.41, 5.74) is 0. The van der Waals surface area contributed by atoms with E-state index in [1.807, 2.05) is 7.05 Å². The molecule has 1 atom stereocenters. The van der Waals surface area contributed by atoms with Crippen molar-refractivity contribution in [3.05, 3.63) is 12.2 Å². The lowest BCUT2D eigenvalue weighted by Gasteiger charge is -2.15. The second kappa shape index (κ2) is 6.98. The molecule has 0 aromatic rings. The fourth-order valence-electron chi connectivity index (χ4n) is 1.47. The molecule has 0 aliphatic carbocycles. The Morgan fingerprint density at radius 1 is 1.36 bits per heavy atom. The van der Waals surface area contributed by atoms with Gasteiger partial charge in [-0.2, -0.15) is 0 Å². The van der Waals surface area contributed by atoms with E-state index in [1.54, 1.807) is 0 Å². The average molecular weight is 199 g/mol. The van der Waals surface area contributed by atoms with Gasteiger partial charge in [-0.3, -0.25) is 0 Å². The Labute approximate surface area is 86.5 Å². The van der Waals surface area contributed by atoms with E-state index in [9.17, 15) is 0 Å². The topological polar surface area (TPSA) is 30.5 Å². The van der Waals surface area contributed by atoms with Crippen molar-refractivity contribution in [3.63, 3.8) is 0 Å². The van der Waals surface area contributed by atoms with Crippen LogP contribution in [0.5, 0.6) is 0 Å². The van der Waals surface area contributed by atoms with E-state index >= 15 is 0 Å². The molecule has 1 fully saturated rings. The maximum absolute atomic E-state index is 5.42. The molecular formula is C11H21NO2. The first kappa shape index (κ1) is 11.7. The molecule has 0 aromatic carbocycles. The Balaban J connectivity index is 2.07. The summed E-state index contributed by atoms with van der Waals surface area (Å²) in [4.78, 5) is 0. The van der Waals surface area contributed by atoms with Crippen molar-refractivity contribution in [2.75, 3.05) is 26.8 Å². The van der Waals surface area contributed by atoms with Gasteiger partial charge in [-0.15, -0.1) is 0 Å². The Morgan fingerprint density at radius 3 is 2.71 bits per heavy atom. The zero-order valence-electron chi connectivity index (χ0n) is 9.16. The Hall–Kier alpha value is -0.380. The lowest BCUT2D eigenvalue weighted by molar-refractivity contribution is -0.0773. The summed E-state index contributed by atoms with van der Waals surface area (Å²) in [6, 6.07) is 0. The molecular weight excluding hydrogens is 178 g/mol. The monoisotopic (exact) mass is 199 g/mol. The molecule has 1 aliphatic heterocycles. The van der Waals surface area contributed by atoms with Gasteiger partial charge in [-0.1, -0.05) is 19.1 Å². The first-order valence-corrected chi connectivity index (χ1v) is 5.37. The molecule has 14 heavy (non-hydrogen) atoms. The lowest BCUT2D eigenvalue weighted by atomic mass is 10.1. The molecule has 3 heteroatoms.